The maximum absolute atomic E-state index is 12.2. The van der Waals surface area contributed by atoms with Crippen molar-refractivity contribution in [2.45, 2.75) is 25.8 Å². The third kappa shape index (κ3) is 6.61. The van der Waals surface area contributed by atoms with Crippen LogP contribution in [0.5, 0.6) is 11.5 Å². The molecular weight excluding hydrogens is 340 g/mol. The largest absolute Gasteiger partial charge is 0.493 e. The molecule has 0 saturated carbocycles. The van der Waals surface area contributed by atoms with Crippen molar-refractivity contribution in [1.82, 2.24) is 10.2 Å². The molecule has 146 valence electrons. The topological polar surface area (TPSA) is 50.8 Å². The highest BCUT2D eigenvalue weighted by Crippen LogP contribution is 2.27. The Morgan fingerprint density at radius 2 is 1.74 bits per heavy atom. The SMILES string of the molecule is COc1ccc(CCN(C)CCC(=O)N[C@H](C)c2ccccc2)cc1OC. The van der Waals surface area contributed by atoms with E-state index in [1.165, 1.54) is 5.56 Å². The van der Waals surface area contributed by atoms with E-state index >= 15 is 0 Å². The van der Waals surface area contributed by atoms with Crippen molar-refractivity contribution >= 4 is 5.91 Å². The van der Waals surface area contributed by atoms with Gasteiger partial charge in [-0.25, -0.2) is 0 Å². The molecule has 27 heavy (non-hydrogen) atoms. The van der Waals surface area contributed by atoms with Gasteiger partial charge in [-0.05, 0) is 43.7 Å². The predicted molar refractivity (Wildman–Crippen MR) is 108 cm³/mol. The maximum Gasteiger partial charge on any atom is 0.221 e. The first kappa shape index (κ1) is 20.8. The van der Waals surface area contributed by atoms with E-state index in [2.05, 4.69) is 10.2 Å². The Bertz CT molecular complexity index is 719. The number of rotatable bonds is 10. The molecule has 2 aromatic rings. The molecule has 5 nitrogen and oxygen atoms in total. The molecule has 2 rings (SSSR count). The van der Waals surface area contributed by atoms with Crippen LogP contribution in [0.15, 0.2) is 48.5 Å². The van der Waals surface area contributed by atoms with Crippen molar-refractivity contribution in [1.29, 1.82) is 0 Å². The molecule has 1 N–H and O–H groups in total. The summed E-state index contributed by atoms with van der Waals surface area (Å²) in [6.45, 7) is 3.60. The fourth-order valence-corrected chi connectivity index (χ4v) is 2.90. The normalized spacial score (nSPS) is 11.9. The Balaban J connectivity index is 1.74. The predicted octanol–water partition coefficient (Wildman–Crippen LogP) is 3.45. The molecular formula is C22H30N2O3. The van der Waals surface area contributed by atoms with Gasteiger partial charge in [0.05, 0.1) is 20.3 Å². The number of hydrogen-bond donors (Lipinski definition) is 1. The molecule has 0 fully saturated rings. The fraction of sp³-hybridized carbons (Fsp3) is 0.409. The highest BCUT2D eigenvalue weighted by molar-refractivity contribution is 5.76. The van der Waals surface area contributed by atoms with E-state index < -0.39 is 0 Å². The Kier molecular flexibility index (Phi) is 8.14. The summed E-state index contributed by atoms with van der Waals surface area (Å²) in [5, 5.41) is 3.06. The highest BCUT2D eigenvalue weighted by atomic mass is 16.5. The molecule has 0 unspecified atom stereocenters. The van der Waals surface area contributed by atoms with Crippen molar-refractivity contribution in [3.8, 4) is 11.5 Å². The van der Waals surface area contributed by atoms with Crippen molar-refractivity contribution in [2.24, 2.45) is 0 Å². The molecule has 0 bridgehead atoms. The molecule has 0 heterocycles. The Labute approximate surface area is 162 Å². The number of likely N-dealkylation sites (N-methyl/N-ethyl adjacent to an activating group) is 1. The van der Waals surface area contributed by atoms with Gasteiger partial charge in [0.1, 0.15) is 0 Å². The van der Waals surface area contributed by atoms with Crippen molar-refractivity contribution in [3.05, 3.63) is 59.7 Å². The van der Waals surface area contributed by atoms with Crippen LogP contribution in [-0.2, 0) is 11.2 Å². The first-order chi connectivity index (χ1) is 13.0. The molecule has 0 aliphatic rings. The monoisotopic (exact) mass is 370 g/mol. The molecule has 0 spiro atoms. The third-order valence-electron chi connectivity index (χ3n) is 4.63. The molecule has 5 heteroatoms. The highest BCUT2D eigenvalue weighted by Gasteiger charge is 2.10. The Morgan fingerprint density at radius 3 is 2.41 bits per heavy atom. The maximum atomic E-state index is 12.2. The second-order valence-corrected chi connectivity index (χ2v) is 6.69. The average Bonchev–Trinajstić information content (AvgIpc) is 2.71. The minimum Gasteiger partial charge on any atom is -0.493 e. The number of ether oxygens (including phenoxy) is 2. The number of carbonyl (C=O) groups excluding carboxylic acids is 1. The molecule has 0 aliphatic heterocycles. The molecule has 0 saturated heterocycles. The van der Waals surface area contributed by atoms with Gasteiger partial charge in [0.25, 0.3) is 0 Å². The van der Waals surface area contributed by atoms with Gasteiger partial charge in [0.15, 0.2) is 11.5 Å². The van der Waals surface area contributed by atoms with E-state index in [1.54, 1.807) is 14.2 Å². The van der Waals surface area contributed by atoms with E-state index in [4.69, 9.17) is 9.47 Å². The standard InChI is InChI=1S/C22H30N2O3/c1-17(19-8-6-5-7-9-19)23-22(25)13-15-24(2)14-12-18-10-11-20(26-3)21(16-18)27-4/h5-11,16-17H,12-15H2,1-4H3,(H,23,25)/t17-/m1/s1. The van der Waals surface area contributed by atoms with Crippen LogP contribution in [0, 0.1) is 0 Å². The number of methoxy groups -OCH3 is 2. The first-order valence-corrected chi connectivity index (χ1v) is 9.27. The van der Waals surface area contributed by atoms with Crippen LogP contribution in [0.3, 0.4) is 0 Å². The summed E-state index contributed by atoms with van der Waals surface area (Å²) in [6, 6.07) is 16.0. The van der Waals surface area contributed by atoms with Crippen LogP contribution in [0.4, 0.5) is 0 Å². The zero-order valence-electron chi connectivity index (χ0n) is 16.7. The van der Waals surface area contributed by atoms with Crippen molar-refractivity contribution in [2.75, 3.05) is 34.4 Å². The van der Waals surface area contributed by atoms with Gasteiger partial charge in [-0.2, -0.15) is 0 Å². The van der Waals surface area contributed by atoms with Gasteiger partial charge in [-0.1, -0.05) is 36.4 Å². The average molecular weight is 370 g/mol. The minimum atomic E-state index is 0.0239. The smallest absolute Gasteiger partial charge is 0.221 e. The lowest BCUT2D eigenvalue weighted by Crippen LogP contribution is -2.31. The summed E-state index contributed by atoms with van der Waals surface area (Å²) in [4.78, 5) is 14.4. The second kappa shape index (κ2) is 10.6. The lowest BCUT2D eigenvalue weighted by Gasteiger charge is -2.18. The molecule has 0 aliphatic carbocycles. The van der Waals surface area contributed by atoms with E-state index in [9.17, 15) is 4.79 Å². The third-order valence-corrected chi connectivity index (χ3v) is 4.63. The minimum absolute atomic E-state index is 0.0239. The summed E-state index contributed by atoms with van der Waals surface area (Å²) in [5.41, 5.74) is 2.30. The van der Waals surface area contributed by atoms with E-state index in [1.807, 2.05) is 62.5 Å². The molecule has 0 radical (unpaired) electrons. The van der Waals surface area contributed by atoms with E-state index in [0.717, 1.165) is 36.6 Å². The van der Waals surface area contributed by atoms with Gasteiger partial charge in [-0.15, -0.1) is 0 Å². The molecule has 0 aromatic heterocycles. The van der Waals surface area contributed by atoms with Crippen LogP contribution < -0.4 is 14.8 Å². The number of nitrogens with zero attached hydrogens (tertiary/aromatic N) is 1. The Morgan fingerprint density at radius 1 is 1.04 bits per heavy atom. The zero-order valence-corrected chi connectivity index (χ0v) is 16.7. The van der Waals surface area contributed by atoms with Crippen LogP contribution in [-0.4, -0.2) is 45.2 Å². The summed E-state index contributed by atoms with van der Waals surface area (Å²) < 4.78 is 10.6. The molecule has 1 amide bonds. The Hall–Kier alpha value is -2.53. The summed E-state index contributed by atoms with van der Waals surface area (Å²) >= 11 is 0. The lowest BCUT2D eigenvalue weighted by atomic mass is 10.1. The molecule has 1 atom stereocenters. The van der Waals surface area contributed by atoms with E-state index in [0.29, 0.717) is 6.42 Å². The number of hydrogen-bond acceptors (Lipinski definition) is 4. The van der Waals surface area contributed by atoms with Gasteiger partial charge in [0, 0.05) is 19.5 Å². The number of amides is 1. The zero-order chi connectivity index (χ0) is 19.6. The quantitative estimate of drug-likeness (QED) is 0.696. The molecule has 2 aromatic carbocycles. The summed E-state index contributed by atoms with van der Waals surface area (Å²) in [5.74, 6) is 1.55. The van der Waals surface area contributed by atoms with Crippen LogP contribution in [0.1, 0.15) is 30.5 Å². The second-order valence-electron chi connectivity index (χ2n) is 6.69. The van der Waals surface area contributed by atoms with Crippen molar-refractivity contribution in [3.63, 3.8) is 0 Å². The summed E-state index contributed by atoms with van der Waals surface area (Å²) in [7, 11) is 5.31. The van der Waals surface area contributed by atoms with Gasteiger partial charge in [-0.3, -0.25) is 4.79 Å². The van der Waals surface area contributed by atoms with Gasteiger partial charge >= 0.3 is 0 Å². The van der Waals surface area contributed by atoms with Crippen molar-refractivity contribution < 1.29 is 14.3 Å². The summed E-state index contributed by atoms with van der Waals surface area (Å²) in [6.07, 6.45) is 1.37. The van der Waals surface area contributed by atoms with Crippen LogP contribution >= 0.6 is 0 Å². The number of carbonyl (C=O) groups is 1. The van der Waals surface area contributed by atoms with Gasteiger partial charge in [0.2, 0.25) is 5.91 Å². The van der Waals surface area contributed by atoms with Gasteiger partial charge < -0.3 is 19.7 Å². The van der Waals surface area contributed by atoms with Crippen LogP contribution in [0.25, 0.3) is 0 Å². The van der Waals surface area contributed by atoms with E-state index in [-0.39, 0.29) is 11.9 Å². The first-order valence-electron chi connectivity index (χ1n) is 9.27. The number of nitrogens with one attached hydrogen (secondary N) is 1. The number of benzene rings is 2. The lowest BCUT2D eigenvalue weighted by molar-refractivity contribution is -0.122. The fourth-order valence-electron chi connectivity index (χ4n) is 2.90. The van der Waals surface area contributed by atoms with Crippen LogP contribution in [0.2, 0.25) is 0 Å².